The van der Waals surface area contributed by atoms with Crippen LogP contribution < -0.4 is 5.32 Å². The van der Waals surface area contributed by atoms with Crippen LogP contribution in [0, 0.1) is 0 Å². The fourth-order valence-electron chi connectivity index (χ4n) is 3.79. The molecule has 0 aromatic carbocycles. The van der Waals surface area contributed by atoms with Gasteiger partial charge in [0.1, 0.15) is 0 Å². The number of fused-ring (bicyclic) bond motifs is 3. The molecular formula is C15H18BrN5O. The van der Waals surface area contributed by atoms with Crippen molar-refractivity contribution in [1.29, 1.82) is 0 Å². The second-order valence-corrected chi connectivity index (χ2v) is 7.04. The standard InChI is InChI=1S/C15H18BrN5O/c1-20-10-3-4-11(20)8-9(7-10)18-15(22)13-12(16)14-17-5-2-6-21(14)19-13/h2,5-6,9-11H,3-4,7-8H2,1H3,(H,18,22). The van der Waals surface area contributed by atoms with Crippen molar-refractivity contribution in [3.63, 3.8) is 0 Å². The lowest BCUT2D eigenvalue weighted by molar-refractivity contribution is 0.0876. The maximum absolute atomic E-state index is 12.6. The summed E-state index contributed by atoms with van der Waals surface area (Å²) in [6, 6.07) is 3.25. The molecule has 6 nitrogen and oxygen atoms in total. The molecule has 0 aliphatic carbocycles. The van der Waals surface area contributed by atoms with Crippen LogP contribution in [-0.2, 0) is 0 Å². The molecule has 1 N–H and O–H groups in total. The summed E-state index contributed by atoms with van der Waals surface area (Å²) in [6.45, 7) is 0. The molecule has 2 atom stereocenters. The fourth-order valence-corrected chi connectivity index (χ4v) is 4.33. The normalized spacial score (nSPS) is 28.2. The first-order valence-electron chi connectivity index (χ1n) is 7.65. The molecule has 0 spiro atoms. The highest BCUT2D eigenvalue weighted by Crippen LogP contribution is 2.34. The molecule has 0 radical (unpaired) electrons. The second-order valence-electron chi connectivity index (χ2n) is 6.24. The van der Waals surface area contributed by atoms with Crippen LogP contribution in [0.3, 0.4) is 0 Å². The van der Waals surface area contributed by atoms with Crippen molar-refractivity contribution in [1.82, 2.24) is 24.8 Å². The van der Waals surface area contributed by atoms with E-state index >= 15 is 0 Å². The Hall–Kier alpha value is -1.47. The number of carbonyl (C=O) groups excluding carboxylic acids is 1. The van der Waals surface area contributed by atoms with Crippen molar-refractivity contribution in [2.45, 2.75) is 43.8 Å². The molecule has 2 aromatic rings. The van der Waals surface area contributed by atoms with Crippen molar-refractivity contribution in [2.75, 3.05) is 7.05 Å². The molecule has 4 heterocycles. The molecule has 2 bridgehead atoms. The van der Waals surface area contributed by atoms with Crippen LogP contribution in [-0.4, -0.2) is 50.6 Å². The number of carbonyl (C=O) groups is 1. The molecule has 4 rings (SSSR count). The number of nitrogens with zero attached hydrogens (tertiary/aromatic N) is 4. The highest BCUT2D eigenvalue weighted by molar-refractivity contribution is 9.10. The molecule has 2 aliphatic rings. The van der Waals surface area contributed by atoms with Crippen LogP contribution in [0.4, 0.5) is 0 Å². The van der Waals surface area contributed by atoms with Crippen molar-refractivity contribution >= 4 is 27.5 Å². The average molecular weight is 364 g/mol. The summed E-state index contributed by atoms with van der Waals surface area (Å²) >= 11 is 3.45. The zero-order valence-corrected chi connectivity index (χ0v) is 14.0. The fraction of sp³-hybridized carbons (Fsp3) is 0.533. The van der Waals surface area contributed by atoms with E-state index in [1.54, 1.807) is 23.0 Å². The van der Waals surface area contributed by atoms with Gasteiger partial charge in [-0.05, 0) is 54.7 Å². The van der Waals surface area contributed by atoms with E-state index in [0.717, 1.165) is 12.8 Å². The van der Waals surface area contributed by atoms with Gasteiger partial charge in [0.05, 0.1) is 4.47 Å². The van der Waals surface area contributed by atoms with E-state index in [-0.39, 0.29) is 11.9 Å². The number of rotatable bonds is 2. The summed E-state index contributed by atoms with van der Waals surface area (Å²) in [7, 11) is 2.20. The van der Waals surface area contributed by atoms with Gasteiger partial charge in [-0.25, -0.2) is 9.50 Å². The van der Waals surface area contributed by atoms with Crippen molar-refractivity contribution in [3.8, 4) is 0 Å². The van der Waals surface area contributed by atoms with Crippen LogP contribution in [0.1, 0.15) is 36.2 Å². The van der Waals surface area contributed by atoms with Crippen LogP contribution in [0.25, 0.3) is 5.65 Å². The zero-order valence-electron chi connectivity index (χ0n) is 12.4. The summed E-state index contributed by atoms with van der Waals surface area (Å²) in [4.78, 5) is 19.3. The third-order valence-corrected chi connectivity index (χ3v) is 5.72. The van der Waals surface area contributed by atoms with Gasteiger partial charge < -0.3 is 10.2 Å². The van der Waals surface area contributed by atoms with Gasteiger partial charge in [0.15, 0.2) is 11.3 Å². The Morgan fingerprint density at radius 3 is 2.77 bits per heavy atom. The lowest BCUT2D eigenvalue weighted by Gasteiger charge is -2.36. The molecule has 2 unspecified atom stereocenters. The van der Waals surface area contributed by atoms with Gasteiger partial charge >= 0.3 is 0 Å². The van der Waals surface area contributed by atoms with E-state index in [0.29, 0.717) is 27.9 Å². The van der Waals surface area contributed by atoms with E-state index in [2.05, 4.69) is 43.3 Å². The summed E-state index contributed by atoms with van der Waals surface area (Å²) in [6.07, 6.45) is 8.03. The molecule has 2 aliphatic heterocycles. The third-order valence-electron chi connectivity index (χ3n) is 4.99. The minimum absolute atomic E-state index is 0.119. The molecule has 7 heteroatoms. The number of nitrogens with one attached hydrogen (secondary N) is 1. The van der Waals surface area contributed by atoms with E-state index < -0.39 is 0 Å². The lowest BCUT2D eigenvalue weighted by atomic mass is 9.98. The van der Waals surface area contributed by atoms with Gasteiger partial charge in [-0.3, -0.25) is 4.79 Å². The van der Waals surface area contributed by atoms with Gasteiger partial charge in [-0.15, -0.1) is 0 Å². The maximum atomic E-state index is 12.6. The van der Waals surface area contributed by atoms with E-state index in [1.807, 2.05) is 0 Å². The molecule has 1 amide bonds. The Labute approximate surface area is 137 Å². The molecule has 0 saturated carbocycles. The smallest absolute Gasteiger partial charge is 0.273 e. The molecule has 116 valence electrons. The molecule has 2 fully saturated rings. The molecule has 2 aromatic heterocycles. The monoisotopic (exact) mass is 363 g/mol. The Kier molecular flexibility index (Phi) is 3.41. The minimum atomic E-state index is -0.119. The van der Waals surface area contributed by atoms with E-state index in [4.69, 9.17) is 0 Å². The van der Waals surface area contributed by atoms with Crippen LogP contribution in [0.5, 0.6) is 0 Å². The molecule has 2 saturated heterocycles. The average Bonchev–Trinajstić information content (AvgIpc) is 2.93. The first-order valence-corrected chi connectivity index (χ1v) is 8.44. The van der Waals surface area contributed by atoms with Gasteiger partial charge in [-0.2, -0.15) is 5.10 Å². The number of halogens is 1. The van der Waals surface area contributed by atoms with Crippen molar-refractivity contribution in [2.24, 2.45) is 0 Å². The summed E-state index contributed by atoms with van der Waals surface area (Å²) < 4.78 is 2.28. The minimum Gasteiger partial charge on any atom is -0.348 e. The Balaban J connectivity index is 1.53. The van der Waals surface area contributed by atoms with Gasteiger partial charge in [-0.1, -0.05) is 0 Å². The zero-order chi connectivity index (χ0) is 15.3. The first-order chi connectivity index (χ1) is 10.6. The summed E-state index contributed by atoms with van der Waals surface area (Å²) in [5, 5.41) is 7.49. The van der Waals surface area contributed by atoms with Crippen LogP contribution in [0.15, 0.2) is 22.9 Å². The van der Waals surface area contributed by atoms with Gasteiger partial charge in [0.25, 0.3) is 5.91 Å². The van der Waals surface area contributed by atoms with Crippen molar-refractivity contribution in [3.05, 3.63) is 28.6 Å². The van der Waals surface area contributed by atoms with Crippen LogP contribution in [0.2, 0.25) is 0 Å². The van der Waals surface area contributed by atoms with Crippen molar-refractivity contribution < 1.29 is 4.79 Å². The highest BCUT2D eigenvalue weighted by Gasteiger charge is 2.39. The SMILES string of the molecule is CN1C2CCC1CC(NC(=O)c1nn3cccnc3c1Br)C2. The number of hydrogen-bond acceptors (Lipinski definition) is 4. The second kappa shape index (κ2) is 5.31. The van der Waals surface area contributed by atoms with E-state index in [1.165, 1.54) is 12.8 Å². The molecular weight excluding hydrogens is 346 g/mol. The number of piperidine rings is 1. The summed E-state index contributed by atoms with van der Waals surface area (Å²) in [5.74, 6) is -0.119. The Morgan fingerprint density at radius 1 is 1.36 bits per heavy atom. The van der Waals surface area contributed by atoms with Gasteiger partial charge in [0, 0.05) is 30.5 Å². The highest BCUT2D eigenvalue weighted by atomic mass is 79.9. The summed E-state index contributed by atoms with van der Waals surface area (Å²) in [5.41, 5.74) is 1.07. The predicted octanol–water partition coefficient (Wildman–Crippen LogP) is 1.85. The largest absolute Gasteiger partial charge is 0.348 e. The van der Waals surface area contributed by atoms with E-state index in [9.17, 15) is 4.79 Å². The van der Waals surface area contributed by atoms with Crippen LogP contribution >= 0.6 is 15.9 Å². The first kappa shape index (κ1) is 14.1. The lowest BCUT2D eigenvalue weighted by Crippen LogP contribution is -2.48. The third kappa shape index (κ3) is 2.23. The quantitative estimate of drug-likeness (QED) is 0.884. The Bertz CT molecular complexity index is 716. The number of aromatic nitrogens is 3. The predicted molar refractivity (Wildman–Crippen MR) is 85.7 cm³/mol. The number of hydrogen-bond donors (Lipinski definition) is 1. The maximum Gasteiger partial charge on any atom is 0.273 e. The molecule has 22 heavy (non-hydrogen) atoms. The number of amides is 1. The Morgan fingerprint density at radius 2 is 2.09 bits per heavy atom. The van der Waals surface area contributed by atoms with Gasteiger partial charge in [0.2, 0.25) is 0 Å². The topological polar surface area (TPSA) is 62.5 Å².